The van der Waals surface area contributed by atoms with Crippen molar-refractivity contribution in [2.45, 2.75) is 6.04 Å². The average Bonchev–Trinajstić information content (AvgIpc) is 2.70. The van der Waals surface area contributed by atoms with Crippen molar-refractivity contribution in [3.63, 3.8) is 0 Å². The zero-order valence-corrected chi connectivity index (χ0v) is 18.1. The molecule has 0 saturated heterocycles. The van der Waals surface area contributed by atoms with Crippen LogP contribution in [0.5, 0.6) is 5.75 Å². The molecule has 140 valence electrons. The van der Waals surface area contributed by atoms with Crippen molar-refractivity contribution in [3.05, 3.63) is 87.9 Å². The van der Waals surface area contributed by atoms with Crippen LogP contribution in [0.2, 0.25) is 0 Å². The Hall–Kier alpha value is -1.82. The summed E-state index contributed by atoms with van der Waals surface area (Å²) in [5.74, 6) is 0.836. The van der Waals surface area contributed by atoms with Crippen LogP contribution in [0.1, 0.15) is 5.56 Å². The maximum absolute atomic E-state index is 6.39. The molecule has 1 heterocycles. The Labute approximate surface area is 177 Å². The molecule has 0 amide bonds. The Bertz CT molecular complexity index is 862. The lowest BCUT2D eigenvalue weighted by Crippen LogP contribution is -2.41. The second-order valence-electron chi connectivity index (χ2n) is 6.41. The van der Waals surface area contributed by atoms with Gasteiger partial charge < -0.3 is 15.4 Å². The monoisotopic (exact) mass is 488 g/mol. The maximum atomic E-state index is 6.39. The molecule has 0 bridgehead atoms. The Kier molecular flexibility index (Phi) is 6.94. The molecular formula is C22H22Br2N2O. The van der Waals surface area contributed by atoms with Gasteiger partial charge in [-0.3, -0.25) is 0 Å². The molecule has 3 nitrogen and oxygen atoms in total. The molecule has 2 N–H and O–H groups in total. The van der Waals surface area contributed by atoms with Gasteiger partial charge in [0, 0.05) is 33.3 Å². The molecule has 1 aliphatic rings. The minimum atomic E-state index is -0.125. The third-order valence-corrected chi connectivity index (χ3v) is 5.21. The lowest BCUT2D eigenvalue weighted by Gasteiger charge is -2.29. The van der Waals surface area contributed by atoms with Crippen LogP contribution in [0.25, 0.3) is 5.57 Å². The highest BCUT2D eigenvalue weighted by atomic mass is 79.9. The molecule has 1 aliphatic heterocycles. The summed E-state index contributed by atoms with van der Waals surface area (Å²) in [7, 11) is 0. The Balaban J connectivity index is 1.78. The zero-order valence-electron chi connectivity index (χ0n) is 14.9. The fourth-order valence-electron chi connectivity index (χ4n) is 2.95. The van der Waals surface area contributed by atoms with E-state index < -0.39 is 0 Å². The standard InChI is InChI=1S/C22H22Br2N2O/c1-16-12-17(23)6-5-11-26(22-10-9-18(24)13-21(16)22)14-19(25)15-27-20-7-3-2-4-8-20/h2-10,12-13,19H,1,11,14-15,25H2/b6-5-,17-12+. The number of ether oxygens (including phenoxy) is 1. The summed E-state index contributed by atoms with van der Waals surface area (Å²) in [5, 5.41) is 0. The van der Waals surface area contributed by atoms with Crippen molar-refractivity contribution in [2.75, 3.05) is 24.6 Å². The number of nitrogens with two attached hydrogens (primary N) is 1. The van der Waals surface area contributed by atoms with E-state index in [2.05, 4.69) is 61.5 Å². The zero-order chi connectivity index (χ0) is 19.2. The van der Waals surface area contributed by atoms with Crippen LogP contribution in [-0.2, 0) is 0 Å². The predicted octanol–water partition coefficient (Wildman–Crippen LogP) is 5.52. The molecule has 0 radical (unpaired) electrons. The number of benzene rings is 2. The number of anilines is 1. The lowest BCUT2D eigenvalue weighted by molar-refractivity contribution is 0.289. The maximum Gasteiger partial charge on any atom is 0.119 e. The van der Waals surface area contributed by atoms with Crippen molar-refractivity contribution in [1.82, 2.24) is 0 Å². The van der Waals surface area contributed by atoms with E-state index in [0.717, 1.165) is 38.1 Å². The molecule has 1 unspecified atom stereocenters. The Morgan fingerprint density at radius 1 is 1.15 bits per heavy atom. The van der Waals surface area contributed by atoms with Gasteiger partial charge in [0.05, 0.1) is 6.04 Å². The largest absolute Gasteiger partial charge is 0.492 e. The molecule has 2 aromatic rings. The van der Waals surface area contributed by atoms with Gasteiger partial charge in [0.2, 0.25) is 0 Å². The molecule has 0 spiro atoms. The van der Waals surface area contributed by atoms with Crippen molar-refractivity contribution >= 4 is 43.1 Å². The first-order chi connectivity index (χ1) is 13.0. The van der Waals surface area contributed by atoms with Gasteiger partial charge in [-0.25, -0.2) is 0 Å². The predicted molar refractivity (Wildman–Crippen MR) is 121 cm³/mol. The normalized spacial score (nSPS) is 18.4. The molecule has 1 atom stereocenters. The quantitative estimate of drug-likeness (QED) is 0.600. The Morgan fingerprint density at radius 2 is 1.93 bits per heavy atom. The highest BCUT2D eigenvalue weighted by molar-refractivity contribution is 9.12. The summed E-state index contributed by atoms with van der Waals surface area (Å²) in [6, 6.07) is 15.9. The van der Waals surface area contributed by atoms with Crippen LogP contribution in [0.15, 0.2) is 82.3 Å². The van der Waals surface area contributed by atoms with Crippen LogP contribution < -0.4 is 15.4 Å². The van der Waals surface area contributed by atoms with Crippen molar-refractivity contribution in [1.29, 1.82) is 0 Å². The van der Waals surface area contributed by atoms with E-state index in [1.54, 1.807) is 0 Å². The van der Waals surface area contributed by atoms with Gasteiger partial charge in [-0.1, -0.05) is 68.8 Å². The summed E-state index contributed by atoms with van der Waals surface area (Å²) >= 11 is 7.15. The highest BCUT2D eigenvalue weighted by Crippen LogP contribution is 2.32. The van der Waals surface area contributed by atoms with Gasteiger partial charge in [-0.15, -0.1) is 0 Å². The molecule has 0 saturated carbocycles. The van der Waals surface area contributed by atoms with E-state index in [4.69, 9.17) is 10.5 Å². The van der Waals surface area contributed by atoms with E-state index in [9.17, 15) is 0 Å². The SMILES string of the molecule is C=C1/C=C(Br)\C=C/CN(CC(N)COc2ccccc2)c2ccc(Br)cc21. The summed E-state index contributed by atoms with van der Waals surface area (Å²) in [4.78, 5) is 2.27. The summed E-state index contributed by atoms with van der Waals surface area (Å²) in [5.41, 5.74) is 9.53. The third kappa shape index (κ3) is 5.58. The third-order valence-electron chi connectivity index (χ3n) is 4.22. The average molecular weight is 490 g/mol. The highest BCUT2D eigenvalue weighted by Gasteiger charge is 2.17. The number of hydrogen-bond donors (Lipinski definition) is 1. The number of hydrogen-bond acceptors (Lipinski definition) is 3. The first-order valence-electron chi connectivity index (χ1n) is 8.74. The van der Waals surface area contributed by atoms with Crippen LogP contribution in [0.3, 0.4) is 0 Å². The molecule has 2 aromatic carbocycles. The number of halogens is 2. The number of nitrogens with zero attached hydrogens (tertiary/aromatic N) is 1. The number of fused-ring (bicyclic) bond motifs is 1. The first kappa shape index (κ1) is 19.9. The molecule has 0 aliphatic carbocycles. The van der Waals surface area contributed by atoms with Gasteiger partial charge >= 0.3 is 0 Å². The van der Waals surface area contributed by atoms with Gasteiger partial charge in [-0.2, -0.15) is 0 Å². The Morgan fingerprint density at radius 3 is 2.70 bits per heavy atom. The van der Waals surface area contributed by atoms with E-state index in [1.165, 1.54) is 0 Å². The molecule has 5 heteroatoms. The van der Waals surface area contributed by atoms with Crippen LogP contribution in [0.4, 0.5) is 5.69 Å². The minimum Gasteiger partial charge on any atom is -0.492 e. The topological polar surface area (TPSA) is 38.5 Å². The molecule has 0 fully saturated rings. The van der Waals surface area contributed by atoms with E-state index in [1.807, 2.05) is 48.6 Å². The van der Waals surface area contributed by atoms with Gasteiger partial charge in [0.1, 0.15) is 12.4 Å². The van der Waals surface area contributed by atoms with Crippen molar-refractivity contribution in [3.8, 4) is 5.75 Å². The lowest BCUT2D eigenvalue weighted by atomic mass is 10.0. The first-order valence-corrected chi connectivity index (χ1v) is 10.3. The molecule has 27 heavy (non-hydrogen) atoms. The van der Waals surface area contributed by atoms with Gasteiger partial charge in [-0.05, 0) is 42.0 Å². The van der Waals surface area contributed by atoms with Crippen LogP contribution in [0, 0.1) is 0 Å². The van der Waals surface area contributed by atoms with Gasteiger partial charge in [0.15, 0.2) is 0 Å². The molecular weight excluding hydrogens is 468 g/mol. The van der Waals surface area contributed by atoms with Gasteiger partial charge in [0.25, 0.3) is 0 Å². The van der Waals surface area contributed by atoms with Crippen LogP contribution >= 0.6 is 31.9 Å². The summed E-state index contributed by atoms with van der Waals surface area (Å²) in [6.45, 7) is 6.12. The van der Waals surface area contributed by atoms with Crippen LogP contribution in [-0.4, -0.2) is 25.7 Å². The smallest absolute Gasteiger partial charge is 0.119 e. The van der Waals surface area contributed by atoms with Crippen molar-refractivity contribution < 1.29 is 4.74 Å². The fraction of sp³-hybridized carbons (Fsp3) is 0.182. The second kappa shape index (κ2) is 9.40. The second-order valence-corrected chi connectivity index (χ2v) is 8.24. The molecule has 0 aromatic heterocycles. The summed E-state index contributed by atoms with van der Waals surface area (Å²) in [6.07, 6.45) is 6.20. The minimum absolute atomic E-state index is 0.125. The van der Waals surface area contributed by atoms with Crippen molar-refractivity contribution in [2.24, 2.45) is 5.73 Å². The van der Waals surface area contributed by atoms with E-state index in [-0.39, 0.29) is 6.04 Å². The number of allylic oxidation sites excluding steroid dienone is 4. The van der Waals surface area contributed by atoms with E-state index in [0.29, 0.717) is 13.2 Å². The fourth-order valence-corrected chi connectivity index (χ4v) is 3.78. The number of para-hydroxylation sites is 1. The number of rotatable bonds is 5. The molecule has 3 rings (SSSR count). The van der Waals surface area contributed by atoms with E-state index >= 15 is 0 Å². The summed E-state index contributed by atoms with van der Waals surface area (Å²) < 4.78 is 7.84.